The summed E-state index contributed by atoms with van der Waals surface area (Å²) in [5.74, 6) is 0.892. The van der Waals surface area contributed by atoms with Crippen LogP contribution >= 0.6 is 11.6 Å². The van der Waals surface area contributed by atoms with E-state index in [0.717, 1.165) is 5.56 Å². The van der Waals surface area contributed by atoms with E-state index in [1.165, 1.54) is 7.11 Å². The highest BCUT2D eigenvalue weighted by Crippen LogP contribution is 2.36. The second kappa shape index (κ2) is 7.37. The molecule has 2 rings (SSSR count). The minimum absolute atomic E-state index is 0.358. The third-order valence-electron chi connectivity index (χ3n) is 2.79. The molecule has 0 saturated heterocycles. The lowest BCUT2D eigenvalue weighted by Gasteiger charge is -2.11. The summed E-state index contributed by atoms with van der Waals surface area (Å²) < 4.78 is 10.8. The van der Waals surface area contributed by atoms with E-state index in [1.54, 1.807) is 12.1 Å². The standard InChI is InChI=1S/C17H14ClNO2/c1-20-16-11-14(12-19)10-15(18)17(16)21-9-5-8-13-6-3-2-4-7-13/h2-8,10-11H,9H2,1H3. The van der Waals surface area contributed by atoms with Crippen LogP contribution in [0.3, 0.4) is 0 Å². The lowest BCUT2D eigenvalue weighted by Crippen LogP contribution is -1.98. The first-order valence-electron chi connectivity index (χ1n) is 6.36. The van der Waals surface area contributed by atoms with Crippen molar-refractivity contribution in [2.24, 2.45) is 0 Å². The number of halogens is 1. The lowest BCUT2D eigenvalue weighted by atomic mass is 10.2. The number of rotatable bonds is 5. The molecule has 0 heterocycles. The molecule has 2 aromatic carbocycles. The van der Waals surface area contributed by atoms with E-state index in [9.17, 15) is 0 Å². The smallest absolute Gasteiger partial charge is 0.180 e. The Balaban J connectivity index is 2.07. The fourth-order valence-electron chi connectivity index (χ4n) is 1.80. The van der Waals surface area contributed by atoms with Crippen molar-refractivity contribution in [2.75, 3.05) is 13.7 Å². The number of hydrogen-bond acceptors (Lipinski definition) is 3. The summed E-state index contributed by atoms with van der Waals surface area (Å²) in [5, 5.41) is 9.26. The molecule has 0 aromatic heterocycles. The van der Waals surface area contributed by atoms with Crippen molar-refractivity contribution in [2.45, 2.75) is 0 Å². The first-order valence-corrected chi connectivity index (χ1v) is 6.74. The second-order valence-electron chi connectivity index (χ2n) is 4.23. The average molecular weight is 300 g/mol. The van der Waals surface area contributed by atoms with Crippen molar-refractivity contribution >= 4 is 17.7 Å². The summed E-state index contributed by atoms with van der Waals surface area (Å²) in [5.41, 5.74) is 1.53. The fraction of sp³-hybridized carbons (Fsp3) is 0.118. The van der Waals surface area contributed by atoms with E-state index in [2.05, 4.69) is 0 Å². The first-order chi connectivity index (χ1) is 10.2. The molecule has 106 valence electrons. The van der Waals surface area contributed by atoms with Gasteiger partial charge in [-0.1, -0.05) is 48.0 Å². The van der Waals surface area contributed by atoms with Crippen LogP contribution in [0.1, 0.15) is 11.1 Å². The van der Waals surface area contributed by atoms with Gasteiger partial charge in [-0.2, -0.15) is 5.26 Å². The zero-order chi connectivity index (χ0) is 15.1. The monoisotopic (exact) mass is 299 g/mol. The SMILES string of the molecule is COc1cc(C#N)cc(Cl)c1OCC=Cc1ccccc1. The van der Waals surface area contributed by atoms with Gasteiger partial charge in [-0.3, -0.25) is 0 Å². The summed E-state index contributed by atoms with van der Waals surface area (Å²) >= 11 is 6.11. The molecule has 0 unspecified atom stereocenters. The lowest BCUT2D eigenvalue weighted by molar-refractivity contribution is 0.327. The van der Waals surface area contributed by atoms with Crippen LogP contribution in [0.15, 0.2) is 48.5 Å². The van der Waals surface area contributed by atoms with E-state index in [0.29, 0.717) is 28.7 Å². The molecule has 0 N–H and O–H groups in total. The first kappa shape index (κ1) is 15.0. The normalized spacial score (nSPS) is 10.3. The minimum Gasteiger partial charge on any atom is -0.493 e. The van der Waals surface area contributed by atoms with Gasteiger partial charge in [0.05, 0.1) is 23.8 Å². The summed E-state index contributed by atoms with van der Waals surface area (Å²) in [6.07, 6.45) is 3.85. The number of ether oxygens (including phenoxy) is 2. The fourth-order valence-corrected chi connectivity index (χ4v) is 2.07. The number of methoxy groups -OCH3 is 1. The predicted octanol–water partition coefficient (Wildman–Crippen LogP) is 4.31. The molecular formula is C17H14ClNO2. The predicted molar refractivity (Wildman–Crippen MR) is 83.7 cm³/mol. The highest BCUT2D eigenvalue weighted by atomic mass is 35.5. The van der Waals surface area contributed by atoms with Crippen molar-refractivity contribution in [3.63, 3.8) is 0 Å². The Labute approximate surface area is 129 Å². The Morgan fingerprint density at radius 2 is 2.00 bits per heavy atom. The zero-order valence-corrected chi connectivity index (χ0v) is 12.3. The molecule has 0 spiro atoms. The zero-order valence-electron chi connectivity index (χ0n) is 11.5. The van der Waals surface area contributed by atoms with Crippen LogP contribution in [-0.2, 0) is 0 Å². The van der Waals surface area contributed by atoms with Crippen molar-refractivity contribution in [1.29, 1.82) is 5.26 Å². The third kappa shape index (κ3) is 4.01. The molecule has 0 saturated carbocycles. The van der Waals surface area contributed by atoms with E-state index in [-0.39, 0.29) is 0 Å². The third-order valence-corrected chi connectivity index (χ3v) is 3.07. The number of benzene rings is 2. The van der Waals surface area contributed by atoms with Gasteiger partial charge in [0.15, 0.2) is 11.5 Å². The number of nitriles is 1. The summed E-state index contributed by atoms with van der Waals surface area (Å²) in [7, 11) is 1.51. The van der Waals surface area contributed by atoms with Gasteiger partial charge < -0.3 is 9.47 Å². The van der Waals surface area contributed by atoms with Gasteiger partial charge in [0.2, 0.25) is 0 Å². The highest BCUT2D eigenvalue weighted by Gasteiger charge is 2.11. The van der Waals surface area contributed by atoms with Crippen molar-refractivity contribution in [1.82, 2.24) is 0 Å². The summed E-state index contributed by atoms with van der Waals surface area (Å²) in [4.78, 5) is 0. The number of nitrogens with zero attached hydrogens (tertiary/aromatic N) is 1. The average Bonchev–Trinajstić information content (AvgIpc) is 2.53. The van der Waals surface area contributed by atoms with Gasteiger partial charge in [0.25, 0.3) is 0 Å². The Kier molecular flexibility index (Phi) is 5.25. The Morgan fingerprint density at radius 3 is 2.67 bits per heavy atom. The Morgan fingerprint density at radius 1 is 1.24 bits per heavy atom. The Bertz CT molecular complexity index is 675. The van der Waals surface area contributed by atoms with Crippen LogP contribution in [-0.4, -0.2) is 13.7 Å². The summed E-state index contributed by atoms with van der Waals surface area (Å²) in [6.45, 7) is 0.358. The molecule has 21 heavy (non-hydrogen) atoms. The van der Waals surface area contributed by atoms with Crippen molar-refractivity contribution in [3.8, 4) is 17.6 Å². The van der Waals surface area contributed by atoms with E-state index < -0.39 is 0 Å². The molecular weight excluding hydrogens is 286 g/mol. The van der Waals surface area contributed by atoms with Crippen LogP contribution in [0, 0.1) is 11.3 Å². The Hall–Kier alpha value is -2.44. The molecule has 0 aliphatic heterocycles. The van der Waals surface area contributed by atoms with Crippen molar-refractivity contribution < 1.29 is 9.47 Å². The maximum absolute atomic E-state index is 8.90. The topological polar surface area (TPSA) is 42.2 Å². The maximum atomic E-state index is 8.90. The van der Waals surface area contributed by atoms with Crippen LogP contribution in [0.2, 0.25) is 5.02 Å². The van der Waals surface area contributed by atoms with Gasteiger partial charge in [-0.05, 0) is 17.7 Å². The summed E-state index contributed by atoms with van der Waals surface area (Å²) in [6, 6.07) is 15.1. The van der Waals surface area contributed by atoms with Crippen molar-refractivity contribution in [3.05, 3.63) is 64.7 Å². The quantitative estimate of drug-likeness (QED) is 0.826. The van der Waals surface area contributed by atoms with Gasteiger partial charge in [0, 0.05) is 6.07 Å². The molecule has 0 aliphatic carbocycles. The minimum atomic E-state index is 0.358. The largest absolute Gasteiger partial charge is 0.493 e. The van der Waals surface area contributed by atoms with Crippen LogP contribution in [0.5, 0.6) is 11.5 Å². The molecule has 0 radical (unpaired) electrons. The molecule has 4 heteroatoms. The van der Waals surface area contributed by atoms with Crippen LogP contribution in [0.4, 0.5) is 0 Å². The molecule has 0 bridgehead atoms. The van der Waals surface area contributed by atoms with Gasteiger partial charge in [-0.15, -0.1) is 0 Å². The molecule has 0 fully saturated rings. The molecule has 0 amide bonds. The van der Waals surface area contributed by atoms with Gasteiger partial charge in [-0.25, -0.2) is 0 Å². The molecule has 0 aliphatic rings. The maximum Gasteiger partial charge on any atom is 0.180 e. The molecule has 0 atom stereocenters. The van der Waals surface area contributed by atoms with E-state index in [4.69, 9.17) is 26.3 Å². The van der Waals surface area contributed by atoms with Crippen LogP contribution in [0.25, 0.3) is 6.08 Å². The van der Waals surface area contributed by atoms with Gasteiger partial charge >= 0.3 is 0 Å². The van der Waals surface area contributed by atoms with E-state index in [1.807, 2.05) is 48.6 Å². The second-order valence-corrected chi connectivity index (χ2v) is 4.63. The van der Waals surface area contributed by atoms with Crippen LogP contribution < -0.4 is 9.47 Å². The molecule has 2 aromatic rings. The number of hydrogen-bond donors (Lipinski definition) is 0. The highest BCUT2D eigenvalue weighted by molar-refractivity contribution is 6.32. The van der Waals surface area contributed by atoms with Gasteiger partial charge in [0.1, 0.15) is 6.61 Å². The molecule has 3 nitrogen and oxygen atoms in total. The van der Waals surface area contributed by atoms with E-state index >= 15 is 0 Å².